The number of rotatable bonds is 8. The molecule has 1 aromatic carbocycles. The van der Waals surface area contributed by atoms with E-state index >= 15 is 0 Å². The molecule has 2 rings (SSSR count). The van der Waals surface area contributed by atoms with Gasteiger partial charge in [0.2, 0.25) is 0 Å². The first kappa shape index (κ1) is 19.8. The highest BCUT2D eigenvalue weighted by molar-refractivity contribution is 6.14. The molecule has 0 amide bonds. The van der Waals surface area contributed by atoms with E-state index < -0.39 is 0 Å². The summed E-state index contributed by atoms with van der Waals surface area (Å²) < 4.78 is 4.78. The summed E-state index contributed by atoms with van der Waals surface area (Å²) in [5.74, 6) is 0.885. The molecular weight excluding hydrogens is 330 g/mol. The van der Waals surface area contributed by atoms with Gasteiger partial charge in [0.1, 0.15) is 11.7 Å². The average Bonchev–Trinajstić information content (AvgIpc) is 3.02. The van der Waals surface area contributed by atoms with Crippen molar-refractivity contribution in [2.45, 2.75) is 32.2 Å². The van der Waals surface area contributed by atoms with E-state index in [4.69, 9.17) is 10.5 Å². The summed E-state index contributed by atoms with van der Waals surface area (Å²) in [4.78, 5) is 19.5. The van der Waals surface area contributed by atoms with E-state index in [1.54, 1.807) is 12.1 Å². The second kappa shape index (κ2) is 8.23. The normalized spacial score (nSPS) is 12.4. The quantitative estimate of drug-likeness (QED) is 0.251. The summed E-state index contributed by atoms with van der Waals surface area (Å²) in [6, 6.07) is 5.35. The highest BCUT2D eigenvalue weighted by atomic mass is 16.5. The molecule has 0 aliphatic carbocycles. The smallest absolute Gasteiger partial charge is 0.337 e. The molecule has 1 heterocycles. The molecule has 0 saturated heterocycles. The number of hydrogen-bond donors (Lipinski definition) is 4. The van der Waals surface area contributed by atoms with E-state index in [1.807, 2.05) is 20.2 Å². The van der Waals surface area contributed by atoms with Crippen LogP contribution in [0.15, 0.2) is 23.2 Å². The number of nitrogens with one attached hydrogen (secondary N) is 3. The largest absolute Gasteiger partial charge is 0.465 e. The average molecular weight is 359 g/mol. The Bertz CT molecular complexity index is 808. The lowest BCUT2D eigenvalue weighted by atomic mass is 9.99. The molecule has 0 atom stereocenters. The Morgan fingerprint density at radius 1 is 1.35 bits per heavy atom. The molecule has 0 radical (unpaired) electrons. The van der Waals surface area contributed by atoms with E-state index in [0.717, 1.165) is 35.1 Å². The first-order valence-corrected chi connectivity index (χ1v) is 8.74. The summed E-state index contributed by atoms with van der Waals surface area (Å²) in [7, 11) is 5.15. The van der Waals surface area contributed by atoms with Gasteiger partial charge in [-0.25, -0.2) is 4.79 Å². The van der Waals surface area contributed by atoms with E-state index in [1.165, 1.54) is 7.11 Å². The maximum Gasteiger partial charge on any atom is 0.337 e. The van der Waals surface area contributed by atoms with E-state index in [9.17, 15) is 4.79 Å². The summed E-state index contributed by atoms with van der Waals surface area (Å²) in [6.07, 6.45) is 1.95. The molecule has 0 saturated carbocycles. The number of nitrogens with two attached hydrogens (primary N) is 1. The van der Waals surface area contributed by atoms with Crippen molar-refractivity contribution >= 4 is 28.5 Å². The number of esters is 1. The Labute approximate surface area is 154 Å². The van der Waals surface area contributed by atoms with E-state index in [2.05, 4.69) is 34.5 Å². The van der Waals surface area contributed by atoms with Crippen molar-refractivity contribution in [1.29, 1.82) is 0 Å². The van der Waals surface area contributed by atoms with Crippen molar-refractivity contribution in [3.05, 3.63) is 29.3 Å². The van der Waals surface area contributed by atoms with Gasteiger partial charge in [0, 0.05) is 30.0 Å². The van der Waals surface area contributed by atoms with Gasteiger partial charge in [-0.2, -0.15) is 0 Å². The fraction of sp³-hybridized carbons (Fsp3) is 0.474. The summed E-state index contributed by atoms with van der Waals surface area (Å²) in [6.45, 7) is 4.99. The third-order valence-electron chi connectivity index (χ3n) is 4.64. The van der Waals surface area contributed by atoms with Crippen LogP contribution in [-0.4, -0.2) is 50.1 Å². The SMILES string of the molecule is CNc1[nH]c2cc(C(=O)OC)ccc2c1C(N)=NCCCC(C)(C)NC. The van der Waals surface area contributed by atoms with Gasteiger partial charge in [0.15, 0.2) is 0 Å². The number of methoxy groups -OCH3 is 1. The molecule has 0 bridgehead atoms. The number of benzene rings is 1. The second-order valence-corrected chi connectivity index (χ2v) is 6.88. The molecule has 7 heteroatoms. The molecule has 2 aromatic rings. The minimum Gasteiger partial charge on any atom is -0.465 e. The predicted octanol–water partition coefficient (Wildman–Crippen LogP) is 2.48. The van der Waals surface area contributed by atoms with Crippen LogP contribution in [0.5, 0.6) is 0 Å². The number of aromatic nitrogens is 1. The Kier molecular flexibility index (Phi) is 6.26. The first-order valence-electron chi connectivity index (χ1n) is 8.74. The fourth-order valence-corrected chi connectivity index (χ4v) is 2.82. The molecule has 0 aliphatic heterocycles. The van der Waals surface area contributed by atoms with Crippen molar-refractivity contribution in [2.75, 3.05) is 33.1 Å². The molecular formula is C19H29N5O2. The molecule has 0 aliphatic rings. The molecule has 0 unspecified atom stereocenters. The molecule has 0 fully saturated rings. The van der Waals surface area contributed by atoms with E-state index in [0.29, 0.717) is 17.9 Å². The van der Waals surface area contributed by atoms with Crippen molar-refractivity contribution < 1.29 is 9.53 Å². The monoisotopic (exact) mass is 359 g/mol. The second-order valence-electron chi connectivity index (χ2n) is 6.88. The van der Waals surface area contributed by atoms with Crippen LogP contribution in [0.4, 0.5) is 5.82 Å². The molecule has 26 heavy (non-hydrogen) atoms. The standard InChI is InChI=1S/C19H29N5O2/c1-19(2,22-4)9-6-10-23-16(20)15-13-8-7-12(18(25)26-5)11-14(13)24-17(15)21-3/h7-8,11,21-22,24H,6,9-10H2,1-5H3,(H2,20,23). The van der Waals surface area contributed by atoms with Gasteiger partial charge in [0.25, 0.3) is 0 Å². The number of H-pyrrole nitrogens is 1. The fourth-order valence-electron chi connectivity index (χ4n) is 2.82. The molecule has 5 N–H and O–H groups in total. The number of amidine groups is 1. The van der Waals surface area contributed by atoms with Crippen molar-refractivity contribution in [3.63, 3.8) is 0 Å². The Morgan fingerprint density at radius 3 is 2.69 bits per heavy atom. The Morgan fingerprint density at radius 2 is 2.08 bits per heavy atom. The van der Waals surface area contributed by atoms with Crippen molar-refractivity contribution in [2.24, 2.45) is 10.7 Å². The van der Waals surface area contributed by atoms with Gasteiger partial charge < -0.3 is 26.1 Å². The van der Waals surface area contributed by atoms with Gasteiger partial charge in [-0.05, 0) is 45.9 Å². The van der Waals surface area contributed by atoms with Crippen LogP contribution < -0.4 is 16.4 Å². The number of aliphatic imine (C=N–C) groups is 1. The number of carbonyl (C=O) groups is 1. The zero-order valence-corrected chi connectivity index (χ0v) is 16.2. The maximum absolute atomic E-state index is 11.7. The van der Waals surface area contributed by atoms with Crippen LogP contribution in [0.3, 0.4) is 0 Å². The van der Waals surface area contributed by atoms with Gasteiger partial charge in [-0.1, -0.05) is 6.07 Å². The molecule has 142 valence electrons. The van der Waals surface area contributed by atoms with Gasteiger partial charge in [-0.15, -0.1) is 0 Å². The van der Waals surface area contributed by atoms with Crippen LogP contribution in [-0.2, 0) is 4.74 Å². The van der Waals surface area contributed by atoms with Crippen molar-refractivity contribution in [3.8, 4) is 0 Å². The summed E-state index contributed by atoms with van der Waals surface area (Å²) >= 11 is 0. The molecule has 0 spiro atoms. The molecule has 1 aromatic heterocycles. The lowest BCUT2D eigenvalue weighted by Crippen LogP contribution is -2.36. The van der Waals surface area contributed by atoms with Crippen LogP contribution >= 0.6 is 0 Å². The third kappa shape index (κ3) is 4.35. The van der Waals surface area contributed by atoms with Crippen LogP contribution in [0, 0.1) is 0 Å². The zero-order valence-electron chi connectivity index (χ0n) is 16.2. The molecule has 7 nitrogen and oxygen atoms in total. The first-order chi connectivity index (χ1) is 12.3. The van der Waals surface area contributed by atoms with Gasteiger partial charge in [-0.3, -0.25) is 4.99 Å². The minimum atomic E-state index is -0.372. The summed E-state index contributed by atoms with van der Waals surface area (Å²) in [5.41, 5.74) is 8.48. The van der Waals surface area contributed by atoms with Crippen LogP contribution in [0.2, 0.25) is 0 Å². The number of ether oxygens (including phenoxy) is 1. The Balaban J connectivity index is 2.26. The predicted molar refractivity (Wildman–Crippen MR) is 107 cm³/mol. The maximum atomic E-state index is 11.7. The highest BCUT2D eigenvalue weighted by Gasteiger charge is 2.17. The number of nitrogens with zero attached hydrogens (tertiary/aromatic N) is 1. The third-order valence-corrected chi connectivity index (χ3v) is 4.64. The number of anilines is 1. The summed E-state index contributed by atoms with van der Waals surface area (Å²) in [5, 5.41) is 7.31. The zero-order chi connectivity index (χ0) is 19.3. The lowest BCUT2D eigenvalue weighted by Gasteiger charge is -2.23. The van der Waals surface area contributed by atoms with Gasteiger partial charge in [0.05, 0.1) is 18.2 Å². The lowest BCUT2D eigenvalue weighted by molar-refractivity contribution is 0.0601. The Hall–Kier alpha value is -2.54. The van der Waals surface area contributed by atoms with E-state index in [-0.39, 0.29) is 11.5 Å². The highest BCUT2D eigenvalue weighted by Crippen LogP contribution is 2.27. The van der Waals surface area contributed by atoms with Crippen LogP contribution in [0.25, 0.3) is 10.9 Å². The number of hydrogen-bond acceptors (Lipinski definition) is 5. The topological polar surface area (TPSA) is 105 Å². The minimum absolute atomic E-state index is 0.0888. The number of fused-ring (bicyclic) bond motifs is 1. The number of carbonyl (C=O) groups excluding carboxylic acids is 1. The van der Waals surface area contributed by atoms with Crippen LogP contribution in [0.1, 0.15) is 42.6 Å². The van der Waals surface area contributed by atoms with Gasteiger partial charge >= 0.3 is 5.97 Å². The van der Waals surface area contributed by atoms with Crippen molar-refractivity contribution in [1.82, 2.24) is 10.3 Å². The number of aromatic amines is 1.